The predicted molar refractivity (Wildman–Crippen MR) is 211 cm³/mol. The van der Waals surface area contributed by atoms with Crippen LogP contribution in [0.5, 0.6) is 0 Å². The Morgan fingerprint density at radius 2 is 1.70 bits per heavy atom. The molecule has 4 amide bonds. The normalized spacial score (nSPS) is 32.1. The number of aliphatic hydroxyl groups is 4. The molecule has 2 aromatic heterocycles. The number of amides is 4. The van der Waals surface area contributed by atoms with E-state index >= 15 is 0 Å². The van der Waals surface area contributed by atoms with E-state index in [2.05, 4.69) is 22.2 Å². The molecule has 22 heteroatoms. The summed E-state index contributed by atoms with van der Waals surface area (Å²) in [5.74, 6) is -0.551. The second-order valence-electron chi connectivity index (χ2n) is 16.2. The number of hydrogen-bond donors (Lipinski definition) is 5. The van der Waals surface area contributed by atoms with E-state index in [0.29, 0.717) is 29.9 Å². The number of ether oxygens (including phenoxy) is 5. The summed E-state index contributed by atoms with van der Waals surface area (Å²) in [5.41, 5.74) is 0.376. The minimum Gasteiger partial charge on any atom is -0.394 e. The van der Waals surface area contributed by atoms with Crippen LogP contribution < -0.4 is 10.2 Å². The van der Waals surface area contributed by atoms with Crippen molar-refractivity contribution in [2.24, 2.45) is 5.92 Å². The molecule has 336 valence electrons. The molecule has 2 aromatic rings. The average molecular weight is 860 g/mol. The number of carbonyl (C=O) groups excluding carboxylic acids is 4. The minimum atomic E-state index is -1.79. The average Bonchev–Trinajstić information content (AvgIpc) is 3.68. The summed E-state index contributed by atoms with van der Waals surface area (Å²) in [4.78, 5) is 68.6. The third-order valence-corrected chi connectivity index (χ3v) is 11.8. The molecule has 0 bridgehead atoms. The van der Waals surface area contributed by atoms with Gasteiger partial charge in [-0.25, -0.2) is 14.8 Å². The number of fused-ring (bicyclic) bond motifs is 1. The van der Waals surface area contributed by atoms with Gasteiger partial charge < -0.3 is 69.0 Å². The van der Waals surface area contributed by atoms with Crippen LogP contribution in [0.2, 0.25) is 0 Å². The third-order valence-electron chi connectivity index (χ3n) is 11.8. The Morgan fingerprint density at radius 3 is 2.34 bits per heavy atom. The van der Waals surface area contributed by atoms with Crippen LogP contribution in [-0.2, 0) is 38.1 Å². The Labute approximate surface area is 352 Å². The van der Waals surface area contributed by atoms with E-state index in [4.69, 9.17) is 28.9 Å². The van der Waals surface area contributed by atoms with Gasteiger partial charge in [0.2, 0.25) is 11.8 Å². The highest BCUT2D eigenvalue weighted by molar-refractivity contribution is 5.95. The Bertz CT molecular complexity index is 1920. The number of aromatic nitrogens is 3. The lowest BCUT2D eigenvalue weighted by atomic mass is 9.92. The molecule has 0 radical (unpaired) electrons. The molecule has 0 aliphatic carbocycles. The summed E-state index contributed by atoms with van der Waals surface area (Å²) >= 11 is 0. The number of piperidine rings is 1. The number of rotatable bonds is 11. The zero-order valence-electron chi connectivity index (χ0n) is 35.1. The molecule has 6 rings (SSSR count). The van der Waals surface area contributed by atoms with E-state index in [0.717, 1.165) is 6.42 Å². The number of anilines is 1. The zero-order chi connectivity index (χ0) is 44.3. The molecule has 0 saturated carbocycles. The Balaban J connectivity index is 1.15. The molecule has 61 heavy (non-hydrogen) atoms. The maximum Gasteiger partial charge on any atom is 0.329 e. The van der Waals surface area contributed by atoms with Crippen molar-refractivity contribution in [3.63, 3.8) is 0 Å². The summed E-state index contributed by atoms with van der Waals surface area (Å²) in [6, 6.07) is 2.05. The number of carbonyl (C=O) groups is 4. The van der Waals surface area contributed by atoms with Gasteiger partial charge in [-0.2, -0.15) is 5.26 Å². The van der Waals surface area contributed by atoms with Crippen molar-refractivity contribution in [2.75, 3.05) is 64.9 Å². The number of nitrogens with zero attached hydrogens (tertiary/aromatic N) is 8. The number of nitrogens with one attached hydrogen (secondary N) is 1. The molecule has 22 nitrogen and oxygen atoms in total. The Kier molecular flexibility index (Phi) is 14.8. The van der Waals surface area contributed by atoms with Crippen LogP contribution in [-0.4, -0.2) is 207 Å². The molecule has 4 fully saturated rings. The highest BCUT2D eigenvalue weighted by Gasteiger charge is 2.54. The fourth-order valence-corrected chi connectivity index (χ4v) is 8.53. The summed E-state index contributed by atoms with van der Waals surface area (Å²) < 4.78 is 30.4. The lowest BCUT2D eigenvalue weighted by Crippen LogP contribution is -2.69. The van der Waals surface area contributed by atoms with E-state index in [9.17, 15) is 39.6 Å². The first-order valence-electron chi connectivity index (χ1n) is 20.4. The van der Waals surface area contributed by atoms with E-state index < -0.39 is 85.9 Å². The van der Waals surface area contributed by atoms with E-state index in [1.807, 2.05) is 18.0 Å². The van der Waals surface area contributed by atoms with Crippen LogP contribution in [0.15, 0.2) is 18.6 Å². The maximum absolute atomic E-state index is 14.3. The summed E-state index contributed by atoms with van der Waals surface area (Å²) in [6.45, 7) is 7.43. The van der Waals surface area contributed by atoms with Crippen LogP contribution in [0.4, 0.5) is 10.6 Å². The second-order valence-corrected chi connectivity index (χ2v) is 16.2. The smallest absolute Gasteiger partial charge is 0.329 e. The molecule has 0 aromatic carbocycles. The van der Waals surface area contributed by atoms with Crippen molar-refractivity contribution in [3.8, 4) is 6.07 Å². The third kappa shape index (κ3) is 9.59. The fraction of sp³-hybridized carbons (Fsp3) is 0.718. The lowest BCUT2D eigenvalue weighted by molar-refractivity contribution is -0.342. The van der Waals surface area contributed by atoms with Gasteiger partial charge in [0.15, 0.2) is 24.3 Å². The molecule has 12 atom stereocenters. The molecule has 4 saturated heterocycles. The highest BCUT2D eigenvalue weighted by atomic mass is 16.7. The van der Waals surface area contributed by atoms with Gasteiger partial charge in [0, 0.05) is 66.5 Å². The van der Waals surface area contributed by atoms with Crippen molar-refractivity contribution in [1.82, 2.24) is 34.6 Å². The van der Waals surface area contributed by atoms with E-state index in [1.54, 1.807) is 35.9 Å². The Hall–Kier alpha value is -4.57. The van der Waals surface area contributed by atoms with E-state index in [1.165, 1.54) is 29.8 Å². The van der Waals surface area contributed by atoms with Crippen LogP contribution in [0.3, 0.4) is 0 Å². The molecule has 4 aliphatic heterocycles. The fourth-order valence-electron chi connectivity index (χ4n) is 8.53. The first kappa shape index (κ1) is 45.9. The summed E-state index contributed by atoms with van der Waals surface area (Å²) in [6.07, 6.45) is -10.4. The zero-order valence-corrected chi connectivity index (χ0v) is 35.1. The van der Waals surface area contributed by atoms with Gasteiger partial charge in [0.25, 0.3) is 5.91 Å². The number of hydrogen-bond acceptors (Lipinski definition) is 17. The minimum absolute atomic E-state index is 0.0722. The quantitative estimate of drug-likeness (QED) is 0.163. The number of likely N-dealkylation sites (N-methyl/N-ethyl adjacent to an activating group) is 1. The first-order chi connectivity index (χ1) is 29.1. The molecule has 0 spiro atoms. The summed E-state index contributed by atoms with van der Waals surface area (Å²) in [7, 11) is 3.18. The predicted octanol–water partition coefficient (Wildman–Crippen LogP) is -2.01. The van der Waals surface area contributed by atoms with Crippen molar-refractivity contribution >= 4 is 40.6 Å². The number of methoxy groups -OCH3 is 1. The van der Waals surface area contributed by atoms with Gasteiger partial charge in [-0.05, 0) is 32.3 Å². The molecule has 6 heterocycles. The number of nitriles is 1. The van der Waals surface area contributed by atoms with Crippen LogP contribution in [0.25, 0.3) is 11.0 Å². The van der Waals surface area contributed by atoms with Crippen molar-refractivity contribution in [1.29, 1.82) is 5.26 Å². The van der Waals surface area contributed by atoms with E-state index in [-0.39, 0.29) is 56.5 Å². The number of aliphatic hydroxyl groups excluding tert-OH is 4. The monoisotopic (exact) mass is 859 g/mol. The molecular formula is C39H57N9O13. The highest BCUT2D eigenvalue weighted by Crippen LogP contribution is 2.33. The maximum atomic E-state index is 14.3. The lowest BCUT2D eigenvalue weighted by Gasteiger charge is -2.48. The van der Waals surface area contributed by atoms with Gasteiger partial charge in [-0.15, -0.1) is 0 Å². The number of likely N-dealkylation sites (tertiary alicyclic amines) is 1. The second kappa shape index (κ2) is 19.6. The molecule has 5 N–H and O–H groups in total. The van der Waals surface area contributed by atoms with Crippen molar-refractivity contribution in [3.05, 3.63) is 18.6 Å². The van der Waals surface area contributed by atoms with Crippen LogP contribution >= 0.6 is 0 Å². The van der Waals surface area contributed by atoms with Gasteiger partial charge in [-0.3, -0.25) is 19.0 Å². The molecular weight excluding hydrogens is 802 g/mol. The van der Waals surface area contributed by atoms with Crippen molar-refractivity contribution in [2.45, 2.75) is 114 Å². The number of piperazine rings is 1. The van der Waals surface area contributed by atoms with Gasteiger partial charge in [0.1, 0.15) is 61.2 Å². The van der Waals surface area contributed by atoms with Gasteiger partial charge in [-0.1, -0.05) is 6.92 Å². The van der Waals surface area contributed by atoms with Gasteiger partial charge >= 0.3 is 6.03 Å². The summed E-state index contributed by atoms with van der Waals surface area (Å²) in [5, 5.41) is 55.9. The SMILES string of the molecule is CO[C@@H]1OC(CO)[C@@H](O)C(O[C@@H]2OC(C(=O)N3CCN(C(=O)n4ccc5c(N(C)[C@H]6CN(C(=O)CC#N)CC[C@H]6C)ncnc54)CC3)[C@@H](OC(C)C)C(O)C2O)C1NC(C)=O. The van der Waals surface area contributed by atoms with Crippen molar-refractivity contribution < 1.29 is 63.3 Å². The standard InChI is InChI=1S/C39H57N9O13/c1-20(2)58-32-29(53)30(54)38(60-31-27(43-22(4)50)37(57-6)59-25(18-49)28(31)52)61-33(32)36(55)45-13-15-46(16-14-45)39(56)48-12-9-23-34(41-19-42-35(23)48)44(5)24-17-47(11-8-21(24)3)26(51)7-10-40/h9,12,19-21,24-25,27-33,37-38,49,52-54H,7-8,11,13-18H2,1-6H3,(H,43,50)/t21-,24+,25?,27?,28-,29?,30?,31?,32+,33?,37-,38-/m1/s1. The van der Waals surface area contributed by atoms with Gasteiger partial charge in [0.05, 0.1) is 30.2 Å². The van der Waals surface area contributed by atoms with Crippen LogP contribution in [0.1, 0.15) is 40.5 Å². The molecule has 4 aliphatic rings. The largest absolute Gasteiger partial charge is 0.394 e. The topological polar surface area (TPSA) is 275 Å². The Morgan fingerprint density at radius 1 is 1.00 bits per heavy atom. The van der Waals surface area contributed by atoms with Crippen LogP contribution in [0, 0.1) is 17.2 Å². The first-order valence-corrected chi connectivity index (χ1v) is 20.4. The molecule has 6 unspecified atom stereocenters.